The van der Waals surface area contributed by atoms with E-state index in [9.17, 15) is 9.59 Å². The molecule has 1 N–H and O–H groups in total. The van der Waals surface area contributed by atoms with Crippen molar-refractivity contribution in [3.63, 3.8) is 0 Å². The minimum atomic E-state index is -0.345. The summed E-state index contributed by atoms with van der Waals surface area (Å²) in [5.74, 6) is 2.38. The van der Waals surface area contributed by atoms with Crippen LogP contribution in [0.5, 0.6) is 0 Å². The number of nitrogens with one attached hydrogen (secondary N) is 1. The quantitative estimate of drug-likeness (QED) is 0.873. The topological polar surface area (TPSA) is 65.5 Å². The average molecular weight is 348 g/mol. The maximum Gasteiger partial charge on any atom is 0.243 e. The van der Waals surface area contributed by atoms with Crippen LogP contribution < -0.4 is 10.2 Å². The SMILES string of the molecule is CN(C)c1ncccc1CNC(=O)[C@@H]1CSCN1C(=O)C1CCC1. The second-order valence-electron chi connectivity index (χ2n) is 6.55. The number of hydrogen-bond acceptors (Lipinski definition) is 5. The molecule has 1 aromatic rings. The van der Waals surface area contributed by atoms with E-state index in [1.54, 1.807) is 22.9 Å². The number of amides is 2. The van der Waals surface area contributed by atoms with Gasteiger partial charge in [-0.05, 0) is 18.9 Å². The maximum atomic E-state index is 12.6. The van der Waals surface area contributed by atoms with Crippen molar-refractivity contribution in [2.24, 2.45) is 5.92 Å². The molecule has 0 bridgehead atoms. The van der Waals surface area contributed by atoms with Gasteiger partial charge in [0, 0.05) is 44.1 Å². The Bertz CT molecular complexity index is 618. The van der Waals surface area contributed by atoms with E-state index in [0.717, 1.165) is 30.6 Å². The zero-order valence-corrected chi connectivity index (χ0v) is 15.0. The Kier molecular flexibility index (Phi) is 5.28. The molecule has 1 atom stereocenters. The van der Waals surface area contributed by atoms with Crippen LogP contribution in [0.2, 0.25) is 0 Å². The average Bonchev–Trinajstić information content (AvgIpc) is 3.00. The molecule has 2 fully saturated rings. The van der Waals surface area contributed by atoms with Gasteiger partial charge in [0.15, 0.2) is 0 Å². The van der Waals surface area contributed by atoms with Crippen molar-refractivity contribution < 1.29 is 9.59 Å². The minimum absolute atomic E-state index is 0.0683. The van der Waals surface area contributed by atoms with Crippen molar-refractivity contribution in [1.29, 1.82) is 0 Å². The van der Waals surface area contributed by atoms with Crippen LogP contribution in [0, 0.1) is 5.92 Å². The van der Waals surface area contributed by atoms with Crippen molar-refractivity contribution in [3.05, 3.63) is 23.9 Å². The van der Waals surface area contributed by atoms with Gasteiger partial charge in [-0.15, -0.1) is 11.8 Å². The molecule has 2 heterocycles. The lowest BCUT2D eigenvalue weighted by atomic mass is 9.84. The summed E-state index contributed by atoms with van der Waals surface area (Å²) in [4.78, 5) is 33.1. The summed E-state index contributed by atoms with van der Waals surface area (Å²) in [5.41, 5.74) is 0.971. The molecule has 2 aliphatic rings. The lowest BCUT2D eigenvalue weighted by Crippen LogP contribution is -2.49. The number of hydrogen-bond donors (Lipinski definition) is 1. The van der Waals surface area contributed by atoms with Crippen molar-refractivity contribution in [2.45, 2.75) is 31.8 Å². The van der Waals surface area contributed by atoms with Crippen LogP contribution in [0.3, 0.4) is 0 Å². The molecule has 3 rings (SSSR count). The van der Waals surface area contributed by atoms with Gasteiger partial charge in [0.1, 0.15) is 11.9 Å². The van der Waals surface area contributed by atoms with Crippen LogP contribution in [0.4, 0.5) is 5.82 Å². The number of rotatable bonds is 5. The normalized spacial score (nSPS) is 20.6. The molecule has 0 radical (unpaired) electrons. The summed E-state index contributed by atoms with van der Waals surface area (Å²) in [5, 5.41) is 2.98. The highest BCUT2D eigenvalue weighted by atomic mass is 32.2. The highest BCUT2D eigenvalue weighted by Crippen LogP contribution is 2.32. The zero-order valence-electron chi connectivity index (χ0n) is 14.2. The van der Waals surface area contributed by atoms with E-state index < -0.39 is 0 Å². The van der Waals surface area contributed by atoms with Gasteiger partial charge in [-0.1, -0.05) is 12.5 Å². The third-order valence-corrected chi connectivity index (χ3v) is 5.68. The van der Waals surface area contributed by atoms with Gasteiger partial charge in [0.05, 0.1) is 5.88 Å². The Hall–Kier alpha value is -1.76. The van der Waals surface area contributed by atoms with Crippen LogP contribution in [-0.2, 0) is 16.1 Å². The van der Waals surface area contributed by atoms with E-state index in [-0.39, 0.29) is 23.8 Å². The summed E-state index contributed by atoms with van der Waals surface area (Å²) in [7, 11) is 3.86. The Labute approximate surface area is 147 Å². The summed E-state index contributed by atoms with van der Waals surface area (Å²) in [6.07, 6.45) is 4.81. The van der Waals surface area contributed by atoms with Crippen molar-refractivity contribution >= 4 is 29.4 Å². The molecule has 1 saturated heterocycles. The predicted molar refractivity (Wildman–Crippen MR) is 95.7 cm³/mol. The van der Waals surface area contributed by atoms with Gasteiger partial charge in [0.2, 0.25) is 11.8 Å². The number of thioether (sulfide) groups is 1. The third kappa shape index (κ3) is 3.50. The lowest BCUT2D eigenvalue weighted by Gasteiger charge is -2.31. The van der Waals surface area contributed by atoms with E-state index >= 15 is 0 Å². The van der Waals surface area contributed by atoms with Gasteiger partial charge in [0.25, 0.3) is 0 Å². The van der Waals surface area contributed by atoms with E-state index in [2.05, 4.69) is 10.3 Å². The van der Waals surface area contributed by atoms with Gasteiger partial charge >= 0.3 is 0 Å². The smallest absolute Gasteiger partial charge is 0.243 e. The first kappa shape index (κ1) is 17.1. The fourth-order valence-electron chi connectivity index (χ4n) is 3.04. The first-order valence-corrected chi connectivity index (χ1v) is 9.50. The molecule has 6 nitrogen and oxygen atoms in total. The van der Waals surface area contributed by atoms with Crippen molar-refractivity contribution in [3.8, 4) is 0 Å². The molecule has 1 saturated carbocycles. The van der Waals surface area contributed by atoms with Crippen LogP contribution in [0.25, 0.3) is 0 Å². The number of nitrogens with zero attached hydrogens (tertiary/aromatic N) is 3. The van der Waals surface area contributed by atoms with E-state index in [4.69, 9.17) is 0 Å². The fourth-order valence-corrected chi connectivity index (χ4v) is 4.20. The Morgan fingerprint density at radius 2 is 2.21 bits per heavy atom. The van der Waals surface area contributed by atoms with Crippen molar-refractivity contribution in [2.75, 3.05) is 30.6 Å². The summed E-state index contributed by atoms with van der Waals surface area (Å²) in [6, 6.07) is 3.48. The van der Waals surface area contributed by atoms with Crippen LogP contribution in [-0.4, -0.2) is 53.5 Å². The maximum absolute atomic E-state index is 12.6. The number of carbonyl (C=O) groups is 2. The monoisotopic (exact) mass is 348 g/mol. The predicted octanol–water partition coefficient (Wildman–Crippen LogP) is 1.47. The van der Waals surface area contributed by atoms with E-state index in [1.807, 2.05) is 31.1 Å². The van der Waals surface area contributed by atoms with Crippen molar-refractivity contribution in [1.82, 2.24) is 15.2 Å². The largest absolute Gasteiger partial charge is 0.362 e. The molecule has 1 aromatic heterocycles. The highest BCUT2D eigenvalue weighted by molar-refractivity contribution is 7.99. The number of pyridine rings is 1. The molecule has 0 spiro atoms. The summed E-state index contributed by atoms with van der Waals surface area (Å²) >= 11 is 1.65. The molecule has 2 amide bonds. The first-order chi connectivity index (χ1) is 11.6. The second-order valence-corrected chi connectivity index (χ2v) is 7.55. The molecule has 130 valence electrons. The zero-order chi connectivity index (χ0) is 17.1. The van der Waals surface area contributed by atoms with Gasteiger partial charge in [-0.25, -0.2) is 4.98 Å². The van der Waals surface area contributed by atoms with Crippen LogP contribution in [0.1, 0.15) is 24.8 Å². The summed E-state index contributed by atoms with van der Waals surface area (Å²) in [6.45, 7) is 0.423. The molecule has 1 aliphatic heterocycles. The molecular formula is C17H24N4O2S. The number of aromatic nitrogens is 1. The number of anilines is 1. The van der Waals surface area contributed by atoms with Crippen LogP contribution in [0.15, 0.2) is 18.3 Å². The molecule has 24 heavy (non-hydrogen) atoms. The molecule has 0 unspecified atom stereocenters. The minimum Gasteiger partial charge on any atom is -0.362 e. The second kappa shape index (κ2) is 7.42. The lowest BCUT2D eigenvalue weighted by molar-refractivity contribution is -0.143. The Balaban J connectivity index is 1.61. The first-order valence-electron chi connectivity index (χ1n) is 8.35. The van der Waals surface area contributed by atoms with Gasteiger partial charge in [-0.2, -0.15) is 0 Å². The molecule has 0 aromatic carbocycles. The molecule has 1 aliphatic carbocycles. The van der Waals surface area contributed by atoms with E-state index in [0.29, 0.717) is 18.2 Å². The van der Waals surface area contributed by atoms with Crippen LogP contribution >= 0.6 is 11.8 Å². The third-order valence-electron chi connectivity index (χ3n) is 4.67. The standard InChI is InChI=1S/C17H24N4O2S/c1-20(2)15-13(7-4-8-18-15)9-19-16(22)14-10-24-11-21(14)17(23)12-5-3-6-12/h4,7-8,12,14H,3,5-6,9-11H2,1-2H3,(H,19,22)/t14-/m0/s1. The number of carbonyl (C=O) groups excluding carboxylic acids is 2. The van der Waals surface area contributed by atoms with Gasteiger partial charge in [-0.3, -0.25) is 9.59 Å². The Morgan fingerprint density at radius 3 is 2.88 bits per heavy atom. The Morgan fingerprint density at radius 1 is 1.42 bits per heavy atom. The highest BCUT2D eigenvalue weighted by Gasteiger charge is 2.39. The molecule has 7 heteroatoms. The van der Waals surface area contributed by atoms with Gasteiger partial charge < -0.3 is 15.1 Å². The molecular weight excluding hydrogens is 324 g/mol. The summed E-state index contributed by atoms with van der Waals surface area (Å²) < 4.78 is 0. The fraction of sp³-hybridized carbons (Fsp3) is 0.588. The van der Waals surface area contributed by atoms with E-state index in [1.165, 1.54) is 0 Å².